The Morgan fingerprint density at radius 2 is 1.65 bits per heavy atom. The normalized spacial score (nSPS) is 11.1. The summed E-state index contributed by atoms with van der Waals surface area (Å²) in [6.07, 6.45) is 0. The molecule has 31 heavy (non-hydrogen) atoms. The van der Waals surface area contributed by atoms with Gasteiger partial charge in [0.1, 0.15) is 12.3 Å². The number of nitrogens with zero attached hydrogens (tertiary/aromatic N) is 2. The van der Waals surface area contributed by atoms with Crippen LogP contribution in [0.2, 0.25) is 0 Å². The number of sulfonamides is 1. The molecule has 0 saturated carbocycles. The highest BCUT2D eigenvalue weighted by Crippen LogP contribution is 2.27. The van der Waals surface area contributed by atoms with E-state index in [4.69, 9.17) is 4.74 Å². The number of ether oxygens (including phenoxy) is 1. The van der Waals surface area contributed by atoms with Crippen LogP contribution in [0.4, 0.5) is 5.69 Å². The van der Waals surface area contributed by atoms with Gasteiger partial charge in [-0.25, -0.2) is 8.42 Å². The van der Waals surface area contributed by atoms with Gasteiger partial charge in [-0.3, -0.25) is 9.10 Å². The minimum Gasteiger partial charge on any atom is -0.496 e. The van der Waals surface area contributed by atoms with E-state index in [0.29, 0.717) is 22.5 Å². The lowest BCUT2D eigenvalue weighted by molar-refractivity contribution is -0.128. The van der Waals surface area contributed by atoms with Gasteiger partial charge in [-0.2, -0.15) is 0 Å². The Balaban J connectivity index is 1.90. The van der Waals surface area contributed by atoms with E-state index < -0.39 is 10.0 Å². The van der Waals surface area contributed by atoms with Crippen LogP contribution in [0.3, 0.4) is 0 Å². The predicted octanol–water partition coefficient (Wildman–Crippen LogP) is 4.31. The van der Waals surface area contributed by atoms with E-state index in [-0.39, 0.29) is 17.3 Å². The van der Waals surface area contributed by atoms with Gasteiger partial charge in [-0.05, 0) is 36.4 Å². The summed E-state index contributed by atoms with van der Waals surface area (Å²) >= 11 is 3.38. The highest BCUT2D eigenvalue weighted by Gasteiger charge is 2.28. The van der Waals surface area contributed by atoms with Crippen molar-refractivity contribution in [3.05, 3.63) is 88.9 Å². The molecule has 0 unspecified atom stereocenters. The van der Waals surface area contributed by atoms with E-state index in [2.05, 4.69) is 15.9 Å². The number of anilines is 1. The number of rotatable bonds is 8. The molecule has 0 aliphatic heterocycles. The maximum Gasteiger partial charge on any atom is 0.264 e. The maximum absolute atomic E-state index is 13.4. The first-order valence-electron chi connectivity index (χ1n) is 9.52. The summed E-state index contributed by atoms with van der Waals surface area (Å²) in [7, 11) is -0.731. The summed E-state index contributed by atoms with van der Waals surface area (Å²) in [5, 5.41) is 0. The average Bonchev–Trinajstić information content (AvgIpc) is 2.78. The van der Waals surface area contributed by atoms with Crippen molar-refractivity contribution in [3.8, 4) is 5.75 Å². The topological polar surface area (TPSA) is 66.9 Å². The standard InChI is InChI=1S/C23H23BrN2O4S/c1-25(16-18-9-6-7-14-22(18)30-2)23(27)17-26(20-11-8-10-19(24)15-20)31(28,29)21-12-4-3-5-13-21/h3-15H,16-17H2,1-2H3. The third kappa shape index (κ3) is 5.45. The molecule has 0 spiro atoms. The SMILES string of the molecule is COc1ccccc1CN(C)C(=O)CN(c1cccc(Br)c1)S(=O)(=O)c1ccccc1. The van der Waals surface area contributed by atoms with Gasteiger partial charge in [0.25, 0.3) is 10.0 Å². The first-order valence-corrected chi connectivity index (χ1v) is 11.8. The Labute approximate surface area is 191 Å². The minimum absolute atomic E-state index is 0.121. The molecule has 8 heteroatoms. The number of para-hydroxylation sites is 1. The molecule has 0 bridgehead atoms. The van der Waals surface area contributed by atoms with Crippen LogP contribution in [0.1, 0.15) is 5.56 Å². The van der Waals surface area contributed by atoms with E-state index >= 15 is 0 Å². The first-order chi connectivity index (χ1) is 14.8. The molecule has 0 heterocycles. The van der Waals surface area contributed by atoms with Gasteiger partial charge in [0.15, 0.2) is 0 Å². The lowest BCUT2D eigenvalue weighted by Gasteiger charge is -2.27. The maximum atomic E-state index is 13.4. The molecule has 0 aromatic heterocycles. The van der Waals surface area contributed by atoms with Gasteiger partial charge in [0, 0.05) is 23.6 Å². The first kappa shape index (κ1) is 22.8. The molecule has 0 radical (unpaired) electrons. The highest BCUT2D eigenvalue weighted by molar-refractivity contribution is 9.10. The van der Waals surface area contributed by atoms with Crippen molar-refractivity contribution < 1.29 is 17.9 Å². The fraction of sp³-hybridized carbons (Fsp3) is 0.174. The number of likely N-dealkylation sites (N-methyl/N-ethyl adjacent to an activating group) is 1. The zero-order valence-corrected chi connectivity index (χ0v) is 19.6. The quantitative estimate of drug-likeness (QED) is 0.460. The fourth-order valence-corrected chi connectivity index (χ4v) is 4.90. The van der Waals surface area contributed by atoms with Gasteiger partial charge in [-0.1, -0.05) is 58.4 Å². The van der Waals surface area contributed by atoms with Gasteiger partial charge >= 0.3 is 0 Å². The van der Waals surface area contributed by atoms with Crippen LogP contribution in [0, 0.1) is 0 Å². The number of hydrogen-bond donors (Lipinski definition) is 0. The molecular weight excluding hydrogens is 480 g/mol. The second-order valence-corrected chi connectivity index (χ2v) is 9.64. The Morgan fingerprint density at radius 3 is 2.32 bits per heavy atom. The fourth-order valence-electron chi connectivity index (χ4n) is 3.09. The molecule has 3 aromatic rings. The third-order valence-corrected chi connectivity index (χ3v) is 7.01. The lowest BCUT2D eigenvalue weighted by Crippen LogP contribution is -2.41. The Bertz CT molecular complexity index is 1150. The van der Waals surface area contributed by atoms with Crippen LogP contribution in [0.25, 0.3) is 0 Å². The van der Waals surface area contributed by atoms with E-state index in [1.165, 1.54) is 17.0 Å². The van der Waals surface area contributed by atoms with Gasteiger partial charge in [0.05, 0.1) is 17.7 Å². The van der Waals surface area contributed by atoms with E-state index in [0.717, 1.165) is 9.87 Å². The molecule has 0 aliphatic rings. The average molecular weight is 503 g/mol. The summed E-state index contributed by atoms with van der Waals surface area (Å²) in [5.41, 5.74) is 1.23. The number of carbonyl (C=O) groups excluding carboxylic acids is 1. The second-order valence-electron chi connectivity index (χ2n) is 6.87. The molecule has 162 valence electrons. The van der Waals surface area contributed by atoms with Crippen LogP contribution in [-0.4, -0.2) is 39.9 Å². The number of carbonyl (C=O) groups is 1. The molecule has 3 aromatic carbocycles. The van der Waals surface area contributed by atoms with E-state index in [1.807, 2.05) is 24.3 Å². The van der Waals surface area contributed by atoms with E-state index in [9.17, 15) is 13.2 Å². The summed E-state index contributed by atoms with van der Waals surface area (Å²) in [4.78, 5) is 14.7. The van der Waals surface area contributed by atoms with Gasteiger partial charge in [0.2, 0.25) is 5.91 Å². The van der Waals surface area contributed by atoms with Crippen LogP contribution in [0.15, 0.2) is 88.2 Å². The summed E-state index contributed by atoms with van der Waals surface area (Å²) in [6, 6.07) is 22.4. The molecule has 0 fully saturated rings. The van der Waals surface area contributed by atoms with Crippen molar-refractivity contribution in [1.29, 1.82) is 0 Å². The molecule has 0 saturated heterocycles. The second kappa shape index (κ2) is 9.98. The van der Waals surface area contributed by atoms with E-state index in [1.54, 1.807) is 56.6 Å². The molecule has 3 rings (SSSR count). The van der Waals surface area contributed by atoms with Crippen molar-refractivity contribution in [2.45, 2.75) is 11.4 Å². The monoisotopic (exact) mass is 502 g/mol. The Kier molecular flexibility index (Phi) is 7.35. The Hall–Kier alpha value is -2.84. The molecule has 6 nitrogen and oxygen atoms in total. The summed E-state index contributed by atoms with van der Waals surface area (Å²) in [6.45, 7) is -0.0418. The Morgan fingerprint density at radius 1 is 0.968 bits per heavy atom. The smallest absolute Gasteiger partial charge is 0.264 e. The van der Waals surface area contributed by atoms with Gasteiger partial charge < -0.3 is 9.64 Å². The van der Waals surface area contributed by atoms with Crippen molar-refractivity contribution in [3.63, 3.8) is 0 Å². The van der Waals surface area contributed by atoms with Crippen LogP contribution < -0.4 is 9.04 Å². The number of halogens is 1. The summed E-state index contributed by atoms with van der Waals surface area (Å²) in [5.74, 6) is 0.327. The number of benzene rings is 3. The molecule has 0 N–H and O–H groups in total. The largest absolute Gasteiger partial charge is 0.496 e. The molecule has 0 aliphatic carbocycles. The number of methoxy groups -OCH3 is 1. The molecule has 1 amide bonds. The zero-order valence-electron chi connectivity index (χ0n) is 17.2. The van der Waals surface area contributed by atoms with Crippen LogP contribution >= 0.6 is 15.9 Å². The van der Waals surface area contributed by atoms with Crippen molar-refractivity contribution in [1.82, 2.24) is 4.90 Å². The predicted molar refractivity (Wildman–Crippen MR) is 125 cm³/mol. The highest BCUT2D eigenvalue weighted by atomic mass is 79.9. The van der Waals surface area contributed by atoms with Gasteiger partial charge in [-0.15, -0.1) is 0 Å². The summed E-state index contributed by atoms with van der Waals surface area (Å²) < 4.78 is 34.0. The van der Waals surface area contributed by atoms with Crippen LogP contribution in [-0.2, 0) is 21.4 Å². The molecule has 0 atom stereocenters. The number of amides is 1. The lowest BCUT2D eigenvalue weighted by atomic mass is 10.2. The van der Waals surface area contributed by atoms with Crippen LogP contribution in [0.5, 0.6) is 5.75 Å². The minimum atomic E-state index is -3.94. The number of hydrogen-bond acceptors (Lipinski definition) is 4. The van der Waals surface area contributed by atoms with Crippen molar-refractivity contribution in [2.75, 3.05) is 25.0 Å². The molecular formula is C23H23BrN2O4S. The van der Waals surface area contributed by atoms with Crippen molar-refractivity contribution >= 4 is 37.5 Å². The van der Waals surface area contributed by atoms with Crippen molar-refractivity contribution in [2.24, 2.45) is 0 Å². The zero-order chi connectivity index (χ0) is 22.4. The third-order valence-electron chi connectivity index (χ3n) is 4.73.